The first-order valence-electron chi connectivity index (χ1n) is 5.22. The summed E-state index contributed by atoms with van der Waals surface area (Å²) in [6.45, 7) is 0. The molecule has 1 heterocycles. The highest BCUT2D eigenvalue weighted by Crippen LogP contribution is 2.34. The Balaban J connectivity index is 2.28. The average molecular weight is 267 g/mol. The van der Waals surface area contributed by atoms with E-state index in [9.17, 15) is 18.0 Å². The molecule has 0 aliphatic carbocycles. The Bertz CT molecular complexity index is 584. The van der Waals surface area contributed by atoms with Crippen molar-refractivity contribution in [1.82, 2.24) is 9.97 Å². The van der Waals surface area contributed by atoms with Gasteiger partial charge in [-0.3, -0.25) is 4.79 Å². The summed E-state index contributed by atoms with van der Waals surface area (Å²) >= 11 is 0. The first kappa shape index (κ1) is 13.0. The van der Waals surface area contributed by atoms with Crippen LogP contribution >= 0.6 is 0 Å². The number of nitrogens with zero attached hydrogens (tertiary/aromatic N) is 2. The van der Waals surface area contributed by atoms with Crippen molar-refractivity contribution in [1.29, 1.82) is 0 Å². The summed E-state index contributed by atoms with van der Waals surface area (Å²) in [6.07, 6.45) is -2.06. The Labute approximate surface area is 106 Å². The molecule has 0 fully saturated rings. The van der Waals surface area contributed by atoms with Gasteiger partial charge in [-0.2, -0.15) is 13.2 Å². The average Bonchev–Trinajstić information content (AvgIpc) is 2.39. The Morgan fingerprint density at radius 1 is 1.16 bits per heavy atom. The number of alkyl halides is 3. The summed E-state index contributed by atoms with van der Waals surface area (Å²) in [5.41, 5.74) is -1.22. The van der Waals surface area contributed by atoms with Gasteiger partial charge in [-0.25, -0.2) is 9.97 Å². The first-order chi connectivity index (χ1) is 8.98. The van der Waals surface area contributed by atoms with Crippen molar-refractivity contribution in [2.24, 2.45) is 0 Å². The van der Waals surface area contributed by atoms with E-state index in [1.165, 1.54) is 30.5 Å². The van der Waals surface area contributed by atoms with Crippen LogP contribution in [0.15, 0.2) is 42.9 Å². The predicted molar refractivity (Wildman–Crippen MR) is 61.4 cm³/mol. The smallest absolute Gasteiger partial charge is 0.320 e. The number of halogens is 3. The van der Waals surface area contributed by atoms with Crippen molar-refractivity contribution in [2.45, 2.75) is 6.18 Å². The quantitative estimate of drug-likeness (QED) is 0.910. The molecule has 1 aromatic carbocycles. The van der Waals surface area contributed by atoms with E-state index in [0.29, 0.717) is 0 Å². The van der Waals surface area contributed by atoms with Crippen LogP contribution in [0.1, 0.15) is 16.1 Å². The van der Waals surface area contributed by atoms with E-state index in [-0.39, 0.29) is 11.4 Å². The lowest BCUT2D eigenvalue weighted by Crippen LogP contribution is -2.17. The van der Waals surface area contributed by atoms with Crippen LogP contribution in [0.2, 0.25) is 0 Å². The molecule has 0 spiro atoms. The third-order valence-electron chi connectivity index (χ3n) is 2.30. The maximum Gasteiger partial charge on any atom is 0.418 e. The molecule has 0 aliphatic heterocycles. The van der Waals surface area contributed by atoms with Crippen LogP contribution in [0.3, 0.4) is 0 Å². The van der Waals surface area contributed by atoms with Crippen molar-refractivity contribution in [2.75, 3.05) is 5.32 Å². The molecule has 2 aromatic rings. The number of carbonyl (C=O) groups excluding carboxylic acids is 1. The fourth-order valence-electron chi connectivity index (χ4n) is 1.45. The highest BCUT2D eigenvalue weighted by molar-refractivity contribution is 6.03. The highest BCUT2D eigenvalue weighted by Gasteiger charge is 2.33. The molecule has 1 aromatic heterocycles. The maximum absolute atomic E-state index is 12.7. The van der Waals surface area contributed by atoms with Gasteiger partial charge in [-0.05, 0) is 18.2 Å². The second-order valence-electron chi connectivity index (χ2n) is 3.59. The summed E-state index contributed by atoms with van der Waals surface area (Å²) in [5, 5.41) is 2.18. The molecule has 0 radical (unpaired) electrons. The molecule has 0 bridgehead atoms. The van der Waals surface area contributed by atoms with Gasteiger partial charge in [0.05, 0.1) is 11.3 Å². The van der Waals surface area contributed by atoms with Crippen LogP contribution in [0.5, 0.6) is 0 Å². The fraction of sp³-hybridized carbons (Fsp3) is 0.0833. The second-order valence-corrected chi connectivity index (χ2v) is 3.59. The third kappa shape index (κ3) is 3.06. The molecule has 1 N–H and O–H groups in total. The van der Waals surface area contributed by atoms with Gasteiger partial charge in [-0.1, -0.05) is 12.1 Å². The minimum atomic E-state index is -4.53. The van der Waals surface area contributed by atoms with Gasteiger partial charge in [0, 0.05) is 6.20 Å². The standard InChI is InChI=1S/C12H8F3N3O/c13-12(14,15)8-3-1-2-4-9(8)18-11(19)10-5-6-16-7-17-10/h1-7H,(H,18,19). The van der Waals surface area contributed by atoms with E-state index in [4.69, 9.17) is 0 Å². The van der Waals surface area contributed by atoms with Crippen molar-refractivity contribution in [3.8, 4) is 0 Å². The van der Waals surface area contributed by atoms with Crippen LogP contribution in [0.4, 0.5) is 18.9 Å². The van der Waals surface area contributed by atoms with Gasteiger partial charge in [0.15, 0.2) is 0 Å². The zero-order chi connectivity index (χ0) is 13.9. The molecule has 0 unspecified atom stereocenters. The largest absolute Gasteiger partial charge is 0.418 e. The Morgan fingerprint density at radius 3 is 2.53 bits per heavy atom. The lowest BCUT2D eigenvalue weighted by Gasteiger charge is -2.13. The van der Waals surface area contributed by atoms with Gasteiger partial charge in [0.1, 0.15) is 12.0 Å². The molecule has 2 rings (SSSR count). The minimum absolute atomic E-state index is 0.00743. The lowest BCUT2D eigenvalue weighted by atomic mass is 10.1. The summed E-state index contributed by atoms with van der Waals surface area (Å²) in [4.78, 5) is 19.0. The van der Waals surface area contributed by atoms with Gasteiger partial charge in [-0.15, -0.1) is 0 Å². The van der Waals surface area contributed by atoms with E-state index in [0.717, 1.165) is 12.4 Å². The molecular weight excluding hydrogens is 259 g/mol. The number of amides is 1. The Morgan fingerprint density at radius 2 is 1.89 bits per heavy atom. The first-order valence-corrected chi connectivity index (χ1v) is 5.22. The van der Waals surface area contributed by atoms with Crippen LogP contribution < -0.4 is 5.32 Å². The lowest BCUT2D eigenvalue weighted by molar-refractivity contribution is -0.136. The summed E-state index contributed by atoms with van der Waals surface area (Å²) in [7, 11) is 0. The second kappa shape index (κ2) is 5.05. The summed E-state index contributed by atoms with van der Waals surface area (Å²) < 4.78 is 38.2. The zero-order valence-corrected chi connectivity index (χ0v) is 9.48. The summed E-state index contributed by atoms with van der Waals surface area (Å²) in [5.74, 6) is -0.723. The third-order valence-corrected chi connectivity index (χ3v) is 2.30. The summed E-state index contributed by atoms with van der Waals surface area (Å²) in [6, 6.07) is 6.05. The number of nitrogens with one attached hydrogen (secondary N) is 1. The number of aromatic nitrogens is 2. The Kier molecular flexibility index (Phi) is 3.46. The number of carbonyl (C=O) groups is 1. The van der Waals surface area contributed by atoms with E-state index >= 15 is 0 Å². The number of anilines is 1. The number of benzene rings is 1. The SMILES string of the molecule is O=C(Nc1ccccc1C(F)(F)F)c1ccncn1. The molecule has 19 heavy (non-hydrogen) atoms. The van der Waals surface area contributed by atoms with Crippen molar-refractivity contribution < 1.29 is 18.0 Å². The molecule has 0 saturated carbocycles. The normalized spacial score (nSPS) is 11.1. The molecule has 0 atom stereocenters. The number of para-hydroxylation sites is 1. The van der Waals surface area contributed by atoms with Gasteiger partial charge in [0.2, 0.25) is 0 Å². The monoisotopic (exact) mass is 267 g/mol. The molecule has 0 saturated heterocycles. The van der Waals surface area contributed by atoms with Crippen LogP contribution in [0.25, 0.3) is 0 Å². The number of hydrogen-bond acceptors (Lipinski definition) is 3. The highest BCUT2D eigenvalue weighted by atomic mass is 19.4. The Hall–Kier alpha value is -2.44. The minimum Gasteiger partial charge on any atom is -0.320 e. The van der Waals surface area contributed by atoms with Gasteiger partial charge < -0.3 is 5.32 Å². The van der Waals surface area contributed by atoms with Crippen LogP contribution in [-0.4, -0.2) is 15.9 Å². The molecule has 0 aliphatic rings. The molecular formula is C12H8F3N3O. The molecule has 98 valence electrons. The van der Waals surface area contributed by atoms with Crippen LogP contribution in [0, 0.1) is 0 Å². The molecule has 1 amide bonds. The van der Waals surface area contributed by atoms with E-state index < -0.39 is 17.6 Å². The fourth-order valence-corrected chi connectivity index (χ4v) is 1.45. The number of rotatable bonds is 2. The van der Waals surface area contributed by atoms with Crippen molar-refractivity contribution >= 4 is 11.6 Å². The van der Waals surface area contributed by atoms with Crippen LogP contribution in [-0.2, 0) is 6.18 Å². The topological polar surface area (TPSA) is 54.9 Å². The van der Waals surface area contributed by atoms with E-state index in [2.05, 4.69) is 15.3 Å². The molecule has 4 nitrogen and oxygen atoms in total. The zero-order valence-electron chi connectivity index (χ0n) is 9.48. The predicted octanol–water partition coefficient (Wildman–Crippen LogP) is 2.75. The van der Waals surface area contributed by atoms with Crippen molar-refractivity contribution in [3.05, 3.63) is 54.1 Å². The molecule has 7 heteroatoms. The van der Waals surface area contributed by atoms with Gasteiger partial charge in [0.25, 0.3) is 5.91 Å². The van der Waals surface area contributed by atoms with E-state index in [1.54, 1.807) is 0 Å². The van der Waals surface area contributed by atoms with Gasteiger partial charge >= 0.3 is 6.18 Å². The van der Waals surface area contributed by atoms with Crippen molar-refractivity contribution in [3.63, 3.8) is 0 Å². The van der Waals surface area contributed by atoms with E-state index in [1.807, 2.05) is 0 Å². The number of hydrogen-bond donors (Lipinski definition) is 1. The maximum atomic E-state index is 12.7.